The summed E-state index contributed by atoms with van der Waals surface area (Å²) in [5, 5.41) is 2.36. The molecule has 0 saturated carbocycles. The van der Waals surface area contributed by atoms with E-state index in [1.165, 1.54) is 0 Å². The number of ether oxygens (including phenoxy) is 1. The fourth-order valence-corrected chi connectivity index (χ4v) is 1.05. The molecule has 0 atom stereocenters. The number of hydrogen-bond donors (Lipinski definition) is 2. The predicted octanol–water partition coefficient (Wildman–Crippen LogP) is -0.555. The molecule has 0 aliphatic carbocycles. The molecule has 1 aromatic rings. The van der Waals surface area contributed by atoms with Gasteiger partial charge in [0.1, 0.15) is 6.54 Å². The lowest BCUT2D eigenvalue weighted by molar-refractivity contribution is -0.146. The summed E-state index contributed by atoms with van der Waals surface area (Å²) in [6, 6.07) is 8.42. The molecule has 1 rings (SSSR count). The molecule has 0 radical (unpaired) electrons. The predicted molar refractivity (Wildman–Crippen MR) is 58.9 cm³/mol. The highest BCUT2D eigenvalue weighted by Gasteiger charge is 2.08. The van der Waals surface area contributed by atoms with E-state index in [-0.39, 0.29) is 12.5 Å². The van der Waals surface area contributed by atoms with E-state index >= 15 is 0 Å². The van der Waals surface area contributed by atoms with E-state index in [2.05, 4.69) is 10.1 Å². The number of esters is 1. The van der Waals surface area contributed by atoms with Crippen molar-refractivity contribution < 1.29 is 19.1 Å². The molecule has 1 aromatic carbocycles. The summed E-state index contributed by atoms with van der Waals surface area (Å²) < 4.78 is 4.46. The van der Waals surface area contributed by atoms with Crippen molar-refractivity contribution in [3.63, 3.8) is 0 Å². The molecule has 0 fully saturated rings. The molecule has 6 heteroatoms. The fourth-order valence-electron chi connectivity index (χ4n) is 1.05. The van der Waals surface area contributed by atoms with Gasteiger partial charge in [0.15, 0.2) is 6.61 Å². The molecule has 0 spiro atoms. The van der Waals surface area contributed by atoms with Gasteiger partial charge in [0, 0.05) is 5.56 Å². The smallest absolute Gasteiger partial charge is 0.325 e. The first-order chi connectivity index (χ1) is 8.09. The van der Waals surface area contributed by atoms with Gasteiger partial charge in [-0.2, -0.15) is 0 Å². The quantitative estimate of drug-likeness (QED) is 0.670. The zero-order valence-electron chi connectivity index (χ0n) is 9.01. The average Bonchev–Trinajstić information content (AvgIpc) is 2.34. The minimum absolute atomic E-state index is 0.305. The van der Waals surface area contributed by atoms with Crippen LogP contribution in [0.3, 0.4) is 0 Å². The van der Waals surface area contributed by atoms with E-state index in [0.29, 0.717) is 5.56 Å². The highest BCUT2D eigenvalue weighted by molar-refractivity contribution is 5.95. The fraction of sp³-hybridized carbons (Fsp3) is 0.182. The van der Waals surface area contributed by atoms with Crippen LogP contribution in [0.1, 0.15) is 10.4 Å². The van der Waals surface area contributed by atoms with Crippen LogP contribution >= 0.6 is 0 Å². The van der Waals surface area contributed by atoms with Crippen molar-refractivity contribution in [3.05, 3.63) is 35.9 Å². The normalized spacial score (nSPS) is 9.41. The lowest BCUT2D eigenvalue weighted by Gasteiger charge is -2.04. The first kappa shape index (κ1) is 12.7. The van der Waals surface area contributed by atoms with Gasteiger partial charge in [0.2, 0.25) is 0 Å². The second kappa shape index (κ2) is 6.26. The van der Waals surface area contributed by atoms with Gasteiger partial charge in [0.25, 0.3) is 11.8 Å². The van der Waals surface area contributed by atoms with Gasteiger partial charge < -0.3 is 15.8 Å². The number of rotatable bonds is 5. The Morgan fingerprint density at radius 2 is 1.82 bits per heavy atom. The summed E-state index contributed by atoms with van der Waals surface area (Å²) in [7, 11) is 0. The van der Waals surface area contributed by atoms with Crippen LogP contribution in [0, 0.1) is 0 Å². The topological polar surface area (TPSA) is 98.5 Å². The van der Waals surface area contributed by atoms with Gasteiger partial charge in [-0.1, -0.05) is 18.2 Å². The summed E-state index contributed by atoms with van der Waals surface area (Å²) in [4.78, 5) is 32.8. The van der Waals surface area contributed by atoms with Crippen molar-refractivity contribution in [2.24, 2.45) is 5.73 Å². The molecule has 0 saturated heterocycles. The molecule has 3 N–H and O–H groups in total. The van der Waals surface area contributed by atoms with Crippen molar-refractivity contribution >= 4 is 17.8 Å². The number of benzene rings is 1. The molecule has 0 heterocycles. The van der Waals surface area contributed by atoms with Crippen molar-refractivity contribution in [1.82, 2.24) is 5.32 Å². The summed E-state index contributed by atoms with van der Waals surface area (Å²) in [6.45, 7) is -0.791. The molecular formula is C11H12N2O4. The van der Waals surface area contributed by atoms with E-state index in [0.717, 1.165) is 0 Å². The maximum Gasteiger partial charge on any atom is 0.325 e. The Balaban J connectivity index is 2.34. The van der Waals surface area contributed by atoms with E-state index in [4.69, 9.17) is 5.73 Å². The Morgan fingerprint density at radius 3 is 2.41 bits per heavy atom. The second-order valence-electron chi connectivity index (χ2n) is 3.18. The third kappa shape index (κ3) is 4.78. The summed E-state index contributed by atoms with van der Waals surface area (Å²) in [5.74, 6) is -1.84. The van der Waals surface area contributed by atoms with E-state index in [1.807, 2.05) is 0 Å². The van der Waals surface area contributed by atoms with Gasteiger partial charge in [-0.05, 0) is 12.1 Å². The summed E-state index contributed by atoms with van der Waals surface area (Å²) in [6.07, 6.45) is 0. The van der Waals surface area contributed by atoms with Crippen molar-refractivity contribution in [1.29, 1.82) is 0 Å². The van der Waals surface area contributed by atoms with Crippen LogP contribution in [0.2, 0.25) is 0 Å². The minimum atomic E-state index is -0.743. The maximum atomic E-state index is 11.5. The standard InChI is InChI=1S/C11H12N2O4/c12-9(14)7-17-10(15)6-13-11(16)8-4-2-1-3-5-8/h1-5H,6-7H2,(H2,12,14)(H,13,16). The van der Waals surface area contributed by atoms with Gasteiger partial charge in [-0.15, -0.1) is 0 Å². The Morgan fingerprint density at radius 1 is 1.18 bits per heavy atom. The van der Waals surface area contributed by atoms with Crippen molar-refractivity contribution in [2.75, 3.05) is 13.2 Å². The lowest BCUT2D eigenvalue weighted by Crippen LogP contribution is -2.32. The molecule has 0 aromatic heterocycles. The third-order valence-electron chi connectivity index (χ3n) is 1.80. The van der Waals surface area contributed by atoms with Crippen LogP contribution in [-0.2, 0) is 14.3 Å². The summed E-state index contributed by atoms with van der Waals surface area (Å²) >= 11 is 0. The molecule has 0 unspecified atom stereocenters. The zero-order chi connectivity index (χ0) is 12.7. The first-order valence-corrected chi connectivity index (χ1v) is 4.87. The SMILES string of the molecule is NC(=O)COC(=O)CNC(=O)c1ccccc1. The lowest BCUT2D eigenvalue weighted by atomic mass is 10.2. The molecule has 90 valence electrons. The number of nitrogens with two attached hydrogens (primary N) is 1. The Kier molecular flexibility index (Phi) is 4.68. The molecular weight excluding hydrogens is 224 g/mol. The Bertz CT molecular complexity index is 417. The van der Waals surface area contributed by atoms with Gasteiger partial charge in [0.05, 0.1) is 0 Å². The Labute approximate surface area is 97.7 Å². The third-order valence-corrected chi connectivity index (χ3v) is 1.80. The highest BCUT2D eigenvalue weighted by atomic mass is 16.5. The number of primary amides is 1. The van der Waals surface area contributed by atoms with Gasteiger partial charge >= 0.3 is 5.97 Å². The number of hydrogen-bond acceptors (Lipinski definition) is 4. The monoisotopic (exact) mass is 236 g/mol. The zero-order valence-corrected chi connectivity index (χ0v) is 9.01. The molecule has 0 bridgehead atoms. The molecule has 0 aliphatic heterocycles. The minimum Gasteiger partial charge on any atom is -0.454 e. The second-order valence-corrected chi connectivity index (χ2v) is 3.18. The average molecular weight is 236 g/mol. The molecule has 17 heavy (non-hydrogen) atoms. The van der Waals surface area contributed by atoms with Crippen LogP contribution in [0.25, 0.3) is 0 Å². The van der Waals surface area contributed by atoms with Crippen LogP contribution in [-0.4, -0.2) is 30.9 Å². The highest BCUT2D eigenvalue weighted by Crippen LogP contribution is 1.97. The number of carbonyl (C=O) groups excluding carboxylic acids is 3. The number of carbonyl (C=O) groups is 3. The van der Waals surface area contributed by atoms with Crippen LogP contribution in [0.4, 0.5) is 0 Å². The van der Waals surface area contributed by atoms with Crippen LogP contribution in [0.5, 0.6) is 0 Å². The first-order valence-electron chi connectivity index (χ1n) is 4.87. The van der Waals surface area contributed by atoms with Crippen molar-refractivity contribution in [2.45, 2.75) is 0 Å². The van der Waals surface area contributed by atoms with E-state index < -0.39 is 18.5 Å². The van der Waals surface area contributed by atoms with Crippen molar-refractivity contribution in [3.8, 4) is 0 Å². The summed E-state index contributed by atoms with van der Waals surface area (Å²) in [5.41, 5.74) is 5.22. The molecule has 0 aliphatic rings. The van der Waals surface area contributed by atoms with Crippen LogP contribution < -0.4 is 11.1 Å². The van der Waals surface area contributed by atoms with E-state index in [9.17, 15) is 14.4 Å². The Hall–Kier alpha value is -2.37. The van der Waals surface area contributed by atoms with Crippen LogP contribution in [0.15, 0.2) is 30.3 Å². The maximum absolute atomic E-state index is 11.5. The van der Waals surface area contributed by atoms with Gasteiger partial charge in [-0.25, -0.2) is 0 Å². The largest absolute Gasteiger partial charge is 0.454 e. The number of nitrogens with one attached hydrogen (secondary N) is 1. The van der Waals surface area contributed by atoms with E-state index in [1.54, 1.807) is 30.3 Å². The number of amides is 2. The molecule has 6 nitrogen and oxygen atoms in total. The molecule has 2 amide bonds. The van der Waals surface area contributed by atoms with Gasteiger partial charge in [-0.3, -0.25) is 14.4 Å².